The Morgan fingerprint density at radius 2 is 0.480 bits per heavy atom. The summed E-state index contributed by atoms with van der Waals surface area (Å²) >= 11 is 0. The van der Waals surface area contributed by atoms with Crippen LogP contribution in [0.3, 0.4) is 0 Å². The van der Waals surface area contributed by atoms with Crippen molar-refractivity contribution in [2.45, 2.75) is 0 Å². The molecule has 10 rings (SSSR count). The van der Waals surface area contributed by atoms with Crippen molar-refractivity contribution in [2.75, 3.05) is 0 Å². The van der Waals surface area contributed by atoms with Crippen molar-refractivity contribution in [1.29, 1.82) is 0 Å². The van der Waals surface area contributed by atoms with Gasteiger partial charge in [0.15, 0.2) is 0 Å². The highest BCUT2D eigenvalue weighted by Gasteiger charge is 2.14. The molecular weight excluding hydrogens is 601 g/mol. The molecule has 232 valence electrons. The van der Waals surface area contributed by atoms with Crippen molar-refractivity contribution in [3.63, 3.8) is 0 Å². The van der Waals surface area contributed by atoms with Gasteiger partial charge in [-0.2, -0.15) is 0 Å². The van der Waals surface area contributed by atoms with Gasteiger partial charge in [-0.05, 0) is 123 Å². The lowest BCUT2D eigenvalue weighted by Crippen LogP contribution is -1.89. The van der Waals surface area contributed by atoms with Crippen LogP contribution in [0, 0.1) is 0 Å². The van der Waals surface area contributed by atoms with E-state index in [-0.39, 0.29) is 0 Å². The van der Waals surface area contributed by atoms with E-state index in [2.05, 4.69) is 194 Å². The summed E-state index contributed by atoms with van der Waals surface area (Å²) in [7, 11) is 0. The van der Waals surface area contributed by atoms with Crippen LogP contribution in [0.5, 0.6) is 0 Å². The summed E-state index contributed by atoms with van der Waals surface area (Å²) in [5.41, 5.74) is 9.92. The lowest BCUT2D eigenvalue weighted by Gasteiger charge is -2.15. The summed E-state index contributed by atoms with van der Waals surface area (Å²) in [6.07, 6.45) is 0. The van der Waals surface area contributed by atoms with Gasteiger partial charge in [-0.3, -0.25) is 0 Å². The fourth-order valence-electron chi connectivity index (χ4n) is 8.10. The highest BCUT2D eigenvalue weighted by molar-refractivity contribution is 6.15. The molecule has 0 spiro atoms. The van der Waals surface area contributed by atoms with E-state index in [1.165, 1.54) is 98.4 Å². The number of fused-ring (bicyclic) bond motifs is 7. The maximum Gasteiger partial charge on any atom is -0.00988 e. The number of hydrogen-bond acceptors (Lipinski definition) is 0. The predicted octanol–water partition coefficient (Wildman–Crippen LogP) is 14.1. The molecule has 0 fully saturated rings. The lowest BCUT2D eigenvalue weighted by atomic mass is 9.88. The van der Waals surface area contributed by atoms with Crippen molar-refractivity contribution in [2.24, 2.45) is 0 Å². The van der Waals surface area contributed by atoms with Crippen LogP contribution in [0.1, 0.15) is 0 Å². The zero-order valence-electron chi connectivity index (χ0n) is 27.5. The maximum absolute atomic E-state index is 2.36. The first-order valence-electron chi connectivity index (χ1n) is 17.3. The summed E-state index contributed by atoms with van der Waals surface area (Å²) in [5.74, 6) is 0. The van der Waals surface area contributed by atoms with Gasteiger partial charge in [0.05, 0.1) is 0 Å². The minimum absolute atomic E-state index is 1.22. The first kappa shape index (κ1) is 28.5. The average Bonchev–Trinajstić information content (AvgIpc) is 3.20. The SMILES string of the molecule is c1cc(-c2ccc(-c3cccc(-c4cc5ccccc5c5ccccc45)c3)c3ccccc23)cc(-c2cc3ccccc3c3ccccc23)c1. The molecule has 0 aliphatic carbocycles. The molecule has 0 aromatic heterocycles. The predicted molar refractivity (Wildman–Crippen MR) is 216 cm³/mol. The van der Waals surface area contributed by atoms with E-state index in [4.69, 9.17) is 0 Å². The zero-order chi connectivity index (χ0) is 33.0. The Labute approximate surface area is 291 Å². The van der Waals surface area contributed by atoms with Crippen LogP contribution in [0.25, 0.3) is 98.4 Å². The molecule has 10 aromatic rings. The number of rotatable bonds is 4. The van der Waals surface area contributed by atoms with E-state index >= 15 is 0 Å². The maximum atomic E-state index is 2.36. The van der Waals surface area contributed by atoms with Crippen molar-refractivity contribution in [3.8, 4) is 44.5 Å². The van der Waals surface area contributed by atoms with E-state index in [0.717, 1.165) is 0 Å². The first-order chi connectivity index (χ1) is 24.8. The Kier molecular flexibility index (Phi) is 6.60. The van der Waals surface area contributed by atoms with Crippen LogP contribution in [0.2, 0.25) is 0 Å². The van der Waals surface area contributed by atoms with Crippen LogP contribution in [0.15, 0.2) is 194 Å². The summed E-state index contributed by atoms with van der Waals surface area (Å²) in [4.78, 5) is 0. The van der Waals surface area contributed by atoms with Crippen molar-refractivity contribution >= 4 is 53.9 Å². The second kappa shape index (κ2) is 11.6. The molecule has 0 saturated heterocycles. The quantitative estimate of drug-likeness (QED) is 0.169. The van der Waals surface area contributed by atoms with E-state index in [9.17, 15) is 0 Å². The molecule has 0 aliphatic rings. The molecule has 0 unspecified atom stereocenters. The summed E-state index contributed by atoms with van der Waals surface area (Å²) in [5, 5.41) is 12.8. The van der Waals surface area contributed by atoms with Crippen LogP contribution >= 0.6 is 0 Å². The minimum atomic E-state index is 1.22. The standard InChI is InChI=1S/C50H32/c1-3-19-39-37(13-1)31-49(47-25-9-7-21-43(39)47)35-17-11-15-33(29-35)41-27-28-42(46-24-6-5-23-45(41)46)34-16-12-18-36(30-34)50-32-38-14-2-4-20-40(38)44-22-8-10-26-48(44)50/h1-32H. The van der Waals surface area contributed by atoms with E-state index in [1.807, 2.05) is 0 Å². The minimum Gasteiger partial charge on any atom is -0.0616 e. The Hall–Kier alpha value is -6.50. The first-order valence-corrected chi connectivity index (χ1v) is 17.3. The molecule has 0 aliphatic heterocycles. The smallest absolute Gasteiger partial charge is 0.00988 e. The Morgan fingerprint density at radius 1 is 0.180 bits per heavy atom. The van der Waals surface area contributed by atoms with Crippen LogP contribution in [-0.2, 0) is 0 Å². The Bertz CT molecular complexity index is 2730. The molecule has 0 bridgehead atoms. The molecule has 0 amide bonds. The van der Waals surface area contributed by atoms with Gasteiger partial charge in [0.25, 0.3) is 0 Å². The van der Waals surface area contributed by atoms with Gasteiger partial charge in [0, 0.05) is 0 Å². The third kappa shape index (κ3) is 4.61. The van der Waals surface area contributed by atoms with E-state index in [1.54, 1.807) is 0 Å². The van der Waals surface area contributed by atoms with Gasteiger partial charge in [-0.25, -0.2) is 0 Å². The van der Waals surface area contributed by atoms with E-state index < -0.39 is 0 Å². The van der Waals surface area contributed by atoms with Crippen molar-refractivity contribution in [1.82, 2.24) is 0 Å². The molecule has 0 heterocycles. The fourth-order valence-corrected chi connectivity index (χ4v) is 8.10. The van der Waals surface area contributed by atoms with Gasteiger partial charge in [-0.15, -0.1) is 0 Å². The second-order valence-corrected chi connectivity index (χ2v) is 13.2. The largest absolute Gasteiger partial charge is 0.0616 e. The Morgan fingerprint density at radius 3 is 0.880 bits per heavy atom. The summed E-state index contributed by atoms with van der Waals surface area (Å²) < 4.78 is 0. The third-order valence-corrected chi connectivity index (χ3v) is 10.4. The molecule has 10 aromatic carbocycles. The second-order valence-electron chi connectivity index (χ2n) is 13.2. The number of hydrogen-bond donors (Lipinski definition) is 0. The average molecular weight is 633 g/mol. The van der Waals surface area contributed by atoms with Crippen molar-refractivity contribution in [3.05, 3.63) is 194 Å². The molecule has 0 radical (unpaired) electrons. The molecule has 0 heteroatoms. The summed E-state index contributed by atoms with van der Waals surface area (Å²) in [6.45, 7) is 0. The summed E-state index contributed by atoms with van der Waals surface area (Å²) in [6, 6.07) is 71.3. The lowest BCUT2D eigenvalue weighted by molar-refractivity contribution is 1.61. The van der Waals surface area contributed by atoms with Crippen LogP contribution < -0.4 is 0 Å². The van der Waals surface area contributed by atoms with Gasteiger partial charge in [0.2, 0.25) is 0 Å². The van der Waals surface area contributed by atoms with Crippen molar-refractivity contribution < 1.29 is 0 Å². The molecular formula is C50H32. The van der Waals surface area contributed by atoms with E-state index in [0.29, 0.717) is 0 Å². The highest BCUT2D eigenvalue weighted by atomic mass is 14.2. The van der Waals surface area contributed by atoms with Gasteiger partial charge < -0.3 is 0 Å². The van der Waals surface area contributed by atoms with Gasteiger partial charge in [-0.1, -0.05) is 170 Å². The highest BCUT2D eigenvalue weighted by Crippen LogP contribution is 2.41. The third-order valence-electron chi connectivity index (χ3n) is 10.4. The Balaban J connectivity index is 1.11. The topological polar surface area (TPSA) is 0 Å². The van der Waals surface area contributed by atoms with Gasteiger partial charge >= 0.3 is 0 Å². The normalized spacial score (nSPS) is 11.6. The fraction of sp³-hybridized carbons (Fsp3) is 0. The van der Waals surface area contributed by atoms with Crippen LogP contribution in [-0.4, -0.2) is 0 Å². The molecule has 0 saturated carbocycles. The number of benzene rings is 10. The molecule has 0 atom stereocenters. The molecule has 0 N–H and O–H groups in total. The van der Waals surface area contributed by atoms with Gasteiger partial charge in [0.1, 0.15) is 0 Å². The molecule has 0 nitrogen and oxygen atoms in total. The monoisotopic (exact) mass is 632 g/mol. The zero-order valence-corrected chi connectivity index (χ0v) is 27.5. The molecule has 50 heavy (non-hydrogen) atoms. The van der Waals surface area contributed by atoms with Crippen LogP contribution in [0.4, 0.5) is 0 Å².